The smallest absolute Gasteiger partial charge is 0.230 e. The van der Waals surface area contributed by atoms with Gasteiger partial charge in [0, 0.05) is 13.2 Å². The third-order valence-electron chi connectivity index (χ3n) is 1.97. The van der Waals surface area contributed by atoms with Gasteiger partial charge in [-0.2, -0.15) is 15.0 Å². The topological polar surface area (TPSA) is 72.0 Å². The van der Waals surface area contributed by atoms with Crippen molar-refractivity contribution < 1.29 is 4.74 Å². The van der Waals surface area contributed by atoms with Crippen molar-refractivity contribution >= 4 is 23.5 Å². The van der Waals surface area contributed by atoms with E-state index >= 15 is 0 Å². The van der Waals surface area contributed by atoms with Crippen LogP contribution < -0.4 is 10.6 Å². The fourth-order valence-electron chi connectivity index (χ4n) is 1.21. The van der Waals surface area contributed by atoms with Gasteiger partial charge in [0.25, 0.3) is 0 Å². The molecule has 0 bridgehead atoms. The van der Waals surface area contributed by atoms with Crippen LogP contribution >= 0.6 is 11.6 Å². The molecule has 0 aliphatic carbocycles. The van der Waals surface area contributed by atoms with Gasteiger partial charge >= 0.3 is 0 Å². The molecule has 1 aromatic heterocycles. The lowest BCUT2D eigenvalue weighted by atomic mass is 10.4. The van der Waals surface area contributed by atoms with E-state index < -0.39 is 0 Å². The van der Waals surface area contributed by atoms with Gasteiger partial charge in [0.15, 0.2) is 0 Å². The molecule has 0 spiro atoms. The maximum absolute atomic E-state index is 5.82. The molecule has 2 N–H and O–H groups in total. The number of hydrogen-bond acceptors (Lipinski definition) is 6. The molecule has 0 aromatic carbocycles. The summed E-state index contributed by atoms with van der Waals surface area (Å²) in [4.78, 5) is 12.2. The molecule has 96 valence electrons. The average molecular weight is 260 g/mol. The van der Waals surface area contributed by atoms with Gasteiger partial charge in [-0.05, 0) is 31.9 Å². The van der Waals surface area contributed by atoms with Crippen LogP contribution in [0.15, 0.2) is 0 Å². The van der Waals surface area contributed by atoms with Crippen molar-refractivity contribution in [2.45, 2.75) is 39.5 Å². The first-order valence-electron chi connectivity index (χ1n) is 5.52. The van der Waals surface area contributed by atoms with Gasteiger partial charge in [-0.1, -0.05) is 6.92 Å². The molecule has 1 atom stereocenters. The van der Waals surface area contributed by atoms with Crippen LogP contribution in [0.4, 0.5) is 11.9 Å². The van der Waals surface area contributed by atoms with Crippen molar-refractivity contribution in [1.29, 1.82) is 0 Å². The lowest BCUT2D eigenvalue weighted by Gasteiger charge is -2.15. The largest absolute Gasteiger partial charge is 0.362 e. The standard InChI is InChI=1S/C10H18ClN5O/c1-5-7(17-4)13-10-15-8(11)14-9(16-10)12-6(2)3/h6-7H,5H2,1-4H3,(H2,12,13,14,15,16). The van der Waals surface area contributed by atoms with Gasteiger partial charge in [-0.15, -0.1) is 0 Å². The molecule has 6 nitrogen and oxygen atoms in total. The Morgan fingerprint density at radius 2 is 1.76 bits per heavy atom. The molecule has 0 saturated heterocycles. The first kappa shape index (κ1) is 13.9. The molecule has 1 unspecified atom stereocenters. The van der Waals surface area contributed by atoms with E-state index in [1.54, 1.807) is 7.11 Å². The average Bonchev–Trinajstić information content (AvgIpc) is 2.24. The van der Waals surface area contributed by atoms with Crippen LogP contribution in [0.2, 0.25) is 5.28 Å². The fraction of sp³-hybridized carbons (Fsp3) is 0.700. The highest BCUT2D eigenvalue weighted by Crippen LogP contribution is 2.12. The number of halogens is 1. The Balaban J connectivity index is 2.81. The molecular formula is C10H18ClN5O. The van der Waals surface area contributed by atoms with Crippen molar-refractivity contribution in [3.8, 4) is 0 Å². The molecule has 1 rings (SSSR count). The van der Waals surface area contributed by atoms with Gasteiger partial charge in [0.1, 0.15) is 6.23 Å². The van der Waals surface area contributed by atoms with E-state index in [9.17, 15) is 0 Å². The molecule has 0 radical (unpaired) electrons. The van der Waals surface area contributed by atoms with Gasteiger partial charge in [0.2, 0.25) is 17.2 Å². The molecule has 7 heteroatoms. The Morgan fingerprint density at radius 1 is 1.18 bits per heavy atom. The van der Waals surface area contributed by atoms with E-state index in [0.717, 1.165) is 6.42 Å². The Bertz CT molecular complexity index is 357. The van der Waals surface area contributed by atoms with Crippen molar-refractivity contribution in [1.82, 2.24) is 15.0 Å². The summed E-state index contributed by atoms with van der Waals surface area (Å²) in [5.74, 6) is 0.857. The van der Waals surface area contributed by atoms with Crippen LogP contribution in [0.25, 0.3) is 0 Å². The third kappa shape index (κ3) is 4.70. The number of hydrogen-bond donors (Lipinski definition) is 2. The second-order valence-corrected chi connectivity index (χ2v) is 4.17. The maximum Gasteiger partial charge on any atom is 0.230 e. The summed E-state index contributed by atoms with van der Waals surface area (Å²) in [5, 5.41) is 6.24. The zero-order chi connectivity index (χ0) is 12.8. The van der Waals surface area contributed by atoms with Crippen LogP contribution in [0.1, 0.15) is 27.2 Å². The van der Waals surface area contributed by atoms with Crippen LogP contribution in [0, 0.1) is 0 Å². The SMILES string of the molecule is CCC(Nc1nc(Cl)nc(NC(C)C)n1)OC. The minimum absolute atomic E-state index is 0.139. The number of ether oxygens (including phenoxy) is 1. The summed E-state index contributed by atoms with van der Waals surface area (Å²) in [5.41, 5.74) is 0. The monoisotopic (exact) mass is 259 g/mol. The van der Waals surface area contributed by atoms with Crippen molar-refractivity contribution in [2.24, 2.45) is 0 Å². The highest BCUT2D eigenvalue weighted by molar-refractivity contribution is 6.28. The Hall–Kier alpha value is -1.14. The molecule has 17 heavy (non-hydrogen) atoms. The van der Waals surface area contributed by atoms with E-state index in [1.807, 2.05) is 20.8 Å². The second kappa shape index (κ2) is 6.56. The van der Waals surface area contributed by atoms with Gasteiger partial charge < -0.3 is 15.4 Å². The van der Waals surface area contributed by atoms with Crippen LogP contribution in [0.3, 0.4) is 0 Å². The van der Waals surface area contributed by atoms with E-state index in [-0.39, 0.29) is 17.6 Å². The number of methoxy groups -OCH3 is 1. The van der Waals surface area contributed by atoms with Crippen molar-refractivity contribution in [2.75, 3.05) is 17.7 Å². The Kier molecular flexibility index (Phi) is 5.37. The van der Waals surface area contributed by atoms with Crippen LogP contribution in [-0.4, -0.2) is 34.3 Å². The van der Waals surface area contributed by atoms with Crippen molar-refractivity contribution in [3.63, 3.8) is 0 Å². The molecule has 1 aromatic rings. The number of rotatable bonds is 6. The van der Waals surface area contributed by atoms with Gasteiger partial charge in [-0.25, -0.2) is 0 Å². The molecule has 0 saturated carbocycles. The van der Waals surface area contributed by atoms with Crippen LogP contribution in [-0.2, 0) is 4.74 Å². The van der Waals surface area contributed by atoms with E-state index in [1.165, 1.54) is 0 Å². The summed E-state index contributed by atoms with van der Waals surface area (Å²) in [6.07, 6.45) is 0.660. The number of aromatic nitrogens is 3. The van der Waals surface area contributed by atoms with E-state index in [0.29, 0.717) is 11.9 Å². The Labute approximate surface area is 106 Å². The Morgan fingerprint density at radius 3 is 2.24 bits per heavy atom. The molecule has 0 aliphatic rings. The normalized spacial score (nSPS) is 12.6. The minimum atomic E-state index is -0.139. The summed E-state index contributed by atoms with van der Waals surface area (Å²) in [6.45, 7) is 5.99. The summed E-state index contributed by atoms with van der Waals surface area (Å²) in [7, 11) is 1.62. The highest BCUT2D eigenvalue weighted by Gasteiger charge is 2.09. The number of anilines is 2. The van der Waals surface area contributed by atoms with Crippen LogP contribution in [0.5, 0.6) is 0 Å². The third-order valence-corrected chi connectivity index (χ3v) is 2.14. The summed E-state index contributed by atoms with van der Waals surface area (Å²) >= 11 is 5.82. The first-order chi connectivity index (χ1) is 8.05. The molecular weight excluding hydrogens is 242 g/mol. The summed E-state index contributed by atoms with van der Waals surface area (Å²) < 4.78 is 5.19. The fourth-order valence-corrected chi connectivity index (χ4v) is 1.37. The van der Waals surface area contributed by atoms with Gasteiger partial charge in [0.05, 0.1) is 0 Å². The van der Waals surface area contributed by atoms with Gasteiger partial charge in [-0.3, -0.25) is 0 Å². The minimum Gasteiger partial charge on any atom is -0.362 e. The lowest BCUT2D eigenvalue weighted by Crippen LogP contribution is -2.23. The zero-order valence-corrected chi connectivity index (χ0v) is 11.2. The maximum atomic E-state index is 5.82. The number of nitrogens with one attached hydrogen (secondary N) is 2. The zero-order valence-electron chi connectivity index (χ0n) is 10.5. The van der Waals surface area contributed by atoms with Crippen molar-refractivity contribution in [3.05, 3.63) is 5.28 Å². The first-order valence-corrected chi connectivity index (χ1v) is 5.90. The predicted octanol–water partition coefficient (Wildman–Crippen LogP) is 2.14. The molecule has 1 heterocycles. The quantitative estimate of drug-likeness (QED) is 0.763. The second-order valence-electron chi connectivity index (χ2n) is 3.83. The lowest BCUT2D eigenvalue weighted by molar-refractivity contribution is 0.121. The van der Waals surface area contributed by atoms with E-state index in [4.69, 9.17) is 16.3 Å². The molecule has 0 aliphatic heterocycles. The van der Waals surface area contributed by atoms with E-state index in [2.05, 4.69) is 25.6 Å². The molecule has 0 amide bonds. The summed E-state index contributed by atoms with van der Waals surface area (Å²) in [6, 6.07) is 0.228. The number of nitrogens with zero attached hydrogens (tertiary/aromatic N) is 3. The molecule has 0 fully saturated rings. The highest BCUT2D eigenvalue weighted by atomic mass is 35.5. The predicted molar refractivity (Wildman–Crippen MR) is 68.3 cm³/mol.